The fourth-order valence-corrected chi connectivity index (χ4v) is 8.50. The maximum atomic E-state index is 14.3. The fourth-order valence-electron chi connectivity index (χ4n) is 6.09. The van der Waals surface area contributed by atoms with Crippen molar-refractivity contribution in [1.29, 1.82) is 0 Å². The predicted octanol–water partition coefficient (Wildman–Crippen LogP) is 7.91. The summed E-state index contributed by atoms with van der Waals surface area (Å²) in [5.74, 6) is 1.12. The van der Waals surface area contributed by atoms with E-state index in [1.807, 2.05) is 68.4 Å². The molecule has 0 N–H and O–H groups in total. The number of hydrazone groups is 1. The molecular weight excluding hydrogens is 612 g/mol. The molecule has 3 aromatic heterocycles. The van der Waals surface area contributed by atoms with Gasteiger partial charge in [-0.05, 0) is 91.6 Å². The molecule has 7 rings (SSSR count). The molecule has 1 amide bonds. The second kappa shape index (κ2) is 11.7. The van der Waals surface area contributed by atoms with Gasteiger partial charge >= 0.3 is 0 Å². The van der Waals surface area contributed by atoms with Gasteiger partial charge in [-0.1, -0.05) is 54.6 Å². The first-order valence-corrected chi connectivity index (χ1v) is 16.9. The first kappa shape index (κ1) is 29.1. The molecule has 0 bridgehead atoms. The van der Waals surface area contributed by atoms with E-state index in [2.05, 4.69) is 6.92 Å². The number of amides is 1. The molecule has 1 aliphatic carbocycles. The summed E-state index contributed by atoms with van der Waals surface area (Å²) in [6.45, 7) is 6.28. The molecule has 2 atom stereocenters. The third kappa shape index (κ3) is 5.31. The minimum Gasteiger partial charge on any atom is -0.467 e. The highest BCUT2D eigenvalue weighted by molar-refractivity contribution is 7.99. The molecule has 0 saturated carbocycles. The van der Waals surface area contributed by atoms with Crippen molar-refractivity contribution < 1.29 is 9.21 Å². The number of benzene rings is 2. The van der Waals surface area contributed by atoms with Gasteiger partial charge in [-0.15, -0.1) is 11.3 Å². The van der Waals surface area contributed by atoms with Crippen LogP contribution in [0.4, 0.5) is 0 Å². The van der Waals surface area contributed by atoms with E-state index >= 15 is 0 Å². The number of rotatable bonds is 6. The number of hydrogen-bond donors (Lipinski definition) is 0. The summed E-state index contributed by atoms with van der Waals surface area (Å²) in [4.78, 5) is 35.3. The third-order valence-electron chi connectivity index (χ3n) is 8.44. The molecular formula is C34H31ClN4O3S2. The third-order valence-corrected chi connectivity index (χ3v) is 10.8. The van der Waals surface area contributed by atoms with Crippen molar-refractivity contribution in [2.75, 3.05) is 5.75 Å². The monoisotopic (exact) mass is 642 g/mol. The van der Waals surface area contributed by atoms with Crippen molar-refractivity contribution in [1.82, 2.24) is 14.6 Å². The number of aryl methyl sites for hydroxylation is 3. The van der Waals surface area contributed by atoms with E-state index in [-0.39, 0.29) is 23.3 Å². The molecule has 2 aliphatic rings. The molecule has 0 unspecified atom stereocenters. The van der Waals surface area contributed by atoms with Crippen molar-refractivity contribution in [3.8, 4) is 5.69 Å². The molecule has 0 saturated heterocycles. The Morgan fingerprint density at radius 2 is 1.95 bits per heavy atom. The van der Waals surface area contributed by atoms with Gasteiger partial charge in [0.2, 0.25) is 0 Å². The Bertz CT molecular complexity index is 1980. The standard InChI is InChI=1S/C34H31ClN4O3S2/c1-19-6-8-21(3)26(15-19)38-33(41)31-24-13-7-20(2)16-29(24)44-32(31)36-34(38)43-18-30(40)39-27(28-5-4-14-42-28)17-25(37-39)22-9-11-23(35)12-10-22/h4-6,8-12,14-15,20,27H,7,13,16-18H2,1-3H3/t20-,27-/m1/s1. The Morgan fingerprint density at radius 3 is 2.73 bits per heavy atom. The van der Waals surface area contributed by atoms with E-state index < -0.39 is 0 Å². The summed E-state index contributed by atoms with van der Waals surface area (Å²) in [6.07, 6.45) is 5.05. The minimum atomic E-state index is -0.369. The number of fused-ring (bicyclic) bond motifs is 3. The normalized spacial score (nSPS) is 18.1. The van der Waals surface area contributed by atoms with Crippen LogP contribution in [0.2, 0.25) is 5.02 Å². The first-order valence-electron chi connectivity index (χ1n) is 14.7. The number of aromatic nitrogens is 2. The average molecular weight is 643 g/mol. The summed E-state index contributed by atoms with van der Waals surface area (Å²) in [5.41, 5.74) is 5.58. The topological polar surface area (TPSA) is 80.7 Å². The van der Waals surface area contributed by atoms with E-state index in [0.717, 1.165) is 63.1 Å². The number of thiophene rings is 1. The molecule has 2 aromatic carbocycles. The number of halogens is 1. The van der Waals surface area contributed by atoms with Gasteiger partial charge in [0.1, 0.15) is 16.6 Å². The van der Waals surface area contributed by atoms with Crippen molar-refractivity contribution >= 4 is 56.5 Å². The lowest BCUT2D eigenvalue weighted by Gasteiger charge is -2.20. The fraction of sp³-hybridized carbons (Fsp3) is 0.294. The molecule has 5 aromatic rings. The van der Waals surface area contributed by atoms with Gasteiger partial charge in [-0.2, -0.15) is 5.10 Å². The summed E-state index contributed by atoms with van der Waals surface area (Å²) >= 11 is 9.01. The van der Waals surface area contributed by atoms with E-state index in [9.17, 15) is 9.59 Å². The number of thioether (sulfide) groups is 1. The highest BCUT2D eigenvalue weighted by Gasteiger charge is 2.35. The van der Waals surface area contributed by atoms with Gasteiger partial charge in [0.25, 0.3) is 11.5 Å². The largest absolute Gasteiger partial charge is 0.467 e. The Hall–Kier alpha value is -3.66. The van der Waals surface area contributed by atoms with Gasteiger partial charge < -0.3 is 4.42 Å². The van der Waals surface area contributed by atoms with Crippen molar-refractivity contribution in [3.63, 3.8) is 0 Å². The zero-order valence-electron chi connectivity index (χ0n) is 24.7. The van der Waals surface area contributed by atoms with Crippen LogP contribution in [0.1, 0.15) is 58.7 Å². The molecule has 4 heterocycles. The minimum absolute atomic E-state index is 0.0551. The van der Waals surface area contributed by atoms with Crippen molar-refractivity contribution in [2.45, 2.75) is 57.7 Å². The lowest BCUT2D eigenvalue weighted by molar-refractivity contribution is -0.130. The summed E-state index contributed by atoms with van der Waals surface area (Å²) in [5, 5.41) is 8.14. The highest BCUT2D eigenvalue weighted by Crippen LogP contribution is 2.38. The quantitative estimate of drug-likeness (QED) is 0.139. The van der Waals surface area contributed by atoms with Gasteiger partial charge in [0.15, 0.2) is 5.16 Å². The summed E-state index contributed by atoms with van der Waals surface area (Å²) in [7, 11) is 0. The summed E-state index contributed by atoms with van der Waals surface area (Å²) < 4.78 is 7.44. The Morgan fingerprint density at radius 1 is 1.14 bits per heavy atom. The zero-order valence-corrected chi connectivity index (χ0v) is 27.1. The van der Waals surface area contributed by atoms with E-state index in [4.69, 9.17) is 26.1 Å². The van der Waals surface area contributed by atoms with Crippen molar-refractivity contribution in [3.05, 3.63) is 109 Å². The number of carbonyl (C=O) groups is 1. The van der Waals surface area contributed by atoms with Crippen LogP contribution in [-0.4, -0.2) is 31.9 Å². The smallest absolute Gasteiger partial charge is 0.267 e. The molecule has 7 nitrogen and oxygen atoms in total. The van der Waals surface area contributed by atoms with Gasteiger partial charge in [0, 0.05) is 16.3 Å². The number of furan rings is 1. The van der Waals surface area contributed by atoms with Gasteiger partial charge in [-0.25, -0.2) is 9.99 Å². The molecule has 1 aliphatic heterocycles. The van der Waals surface area contributed by atoms with Crippen molar-refractivity contribution in [2.24, 2.45) is 11.0 Å². The molecule has 0 fully saturated rings. The van der Waals surface area contributed by atoms with Crippen LogP contribution in [0.25, 0.3) is 15.9 Å². The number of nitrogens with zero attached hydrogens (tertiary/aromatic N) is 4. The van der Waals surface area contributed by atoms with Gasteiger partial charge in [-0.3, -0.25) is 14.2 Å². The number of hydrogen-bond acceptors (Lipinski definition) is 7. The average Bonchev–Trinajstić information content (AvgIpc) is 3.76. The van der Waals surface area contributed by atoms with Crippen LogP contribution < -0.4 is 5.56 Å². The first-order chi connectivity index (χ1) is 21.3. The lowest BCUT2D eigenvalue weighted by Crippen LogP contribution is -2.29. The van der Waals surface area contributed by atoms with E-state index in [0.29, 0.717) is 28.3 Å². The zero-order chi connectivity index (χ0) is 30.5. The molecule has 0 radical (unpaired) electrons. The maximum Gasteiger partial charge on any atom is 0.267 e. The van der Waals surface area contributed by atoms with Crippen LogP contribution in [0.3, 0.4) is 0 Å². The van der Waals surface area contributed by atoms with E-state index in [1.54, 1.807) is 22.2 Å². The molecule has 44 heavy (non-hydrogen) atoms. The summed E-state index contributed by atoms with van der Waals surface area (Å²) in [6, 6.07) is 16.9. The second-order valence-corrected chi connectivity index (χ2v) is 14.1. The second-order valence-electron chi connectivity index (χ2n) is 11.7. The predicted molar refractivity (Wildman–Crippen MR) is 178 cm³/mol. The SMILES string of the molecule is Cc1ccc(C)c(-n2c(SCC(=O)N3N=C(c4ccc(Cl)cc4)C[C@@H]3c3ccco3)nc3sc4c(c3c2=O)CC[C@@H](C)C4)c1. The van der Waals surface area contributed by atoms with Crippen LogP contribution in [0, 0.1) is 19.8 Å². The Labute approximate surface area is 268 Å². The van der Waals surface area contributed by atoms with Crippen LogP contribution >= 0.6 is 34.7 Å². The molecule has 224 valence electrons. The lowest BCUT2D eigenvalue weighted by atomic mass is 9.89. The Balaban J connectivity index is 1.27. The Kier molecular flexibility index (Phi) is 7.72. The van der Waals surface area contributed by atoms with Gasteiger partial charge in [0.05, 0.1) is 28.8 Å². The molecule has 0 spiro atoms. The van der Waals surface area contributed by atoms with Crippen LogP contribution in [0.5, 0.6) is 0 Å². The van der Waals surface area contributed by atoms with Crippen LogP contribution in [-0.2, 0) is 17.6 Å². The van der Waals surface area contributed by atoms with Crippen LogP contribution in [0.15, 0.2) is 80.3 Å². The van der Waals surface area contributed by atoms with E-state index in [1.165, 1.54) is 21.6 Å². The maximum absolute atomic E-state index is 14.3. The highest BCUT2D eigenvalue weighted by atomic mass is 35.5. The number of carbonyl (C=O) groups excluding carboxylic acids is 1. The molecule has 10 heteroatoms.